The number of piperazine rings is 1. The predicted octanol–water partition coefficient (Wildman–Crippen LogP) is 2.39. The Hall–Kier alpha value is -0.910. The predicted molar refractivity (Wildman–Crippen MR) is 88.6 cm³/mol. The fraction of sp³-hybridized carbons (Fsp3) is 0.688. The molecule has 0 bridgehead atoms. The van der Waals surface area contributed by atoms with Crippen molar-refractivity contribution in [3.63, 3.8) is 0 Å². The van der Waals surface area contributed by atoms with Crippen molar-refractivity contribution in [1.82, 2.24) is 15.5 Å². The Balaban J connectivity index is 1.87. The maximum atomic E-state index is 12.3. The number of nitrogens with zero attached hydrogens (tertiary/aromatic N) is 1. The van der Waals surface area contributed by atoms with E-state index < -0.39 is 0 Å². The van der Waals surface area contributed by atoms with Crippen LogP contribution in [0.3, 0.4) is 0 Å². The summed E-state index contributed by atoms with van der Waals surface area (Å²) in [7, 11) is 0. The van der Waals surface area contributed by atoms with Crippen LogP contribution >= 0.6 is 11.3 Å². The number of amides is 1. The molecule has 0 saturated carbocycles. The molecule has 0 spiro atoms. The molecule has 4 nitrogen and oxygen atoms in total. The first-order valence-corrected chi connectivity index (χ1v) is 8.82. The zero-order chi connectivity index (χ0) is 15.2. The highest BCUT2D eigenvalue weighted by Gasteiger charge is 2.27. The van der Waals surface area contributed by atoms with E-state index in [-0.39, 0.29) is 11.9 Å². The van der Waals surface area contributed by atoms with Crippen LogP contribution in [-0.2, 0) is 4.79 Å². The van der Waals surface area contributed by atoms with Gasteiger partial charge in [0.2, 0.25) is 5.91 Å². The molecule has 0 aliphatic carbocycles. The molecule has 2 heterocycles. The highest BCUT2D eigenvalue weighted by molar-refractivity contribution is 7.10. The fourth-order valence-electron chi connectivity index (χ4n) is 2.88. The molecule has 1 saturated heterocycles. The number of rotatable bonds is 6. The van der Waals surface area contributed by atoms with E-state index in [1.54, 1.807) is 11.3 Å². The van der Waals surface area contributed by atoms with Crippen LogP contribution in [0, 0.1) is 0 Å². The fourth-order valence-corrected chi connectivity index (χ4v) is 3.61. The second-order valence-corrected chi connectivity index (χ2v) is 6.79. The summed E-state index contributed by atoms with van der Waals surface area (Å²) in [5.74, 6) is 0.131. The maximum absolute atomic E-state index is 12.3. The van der Waals surface area contributed by atoms with Crippen molar-refractivity contribution in [3.8, 4) is 0 Å². The first kappa shape index (κ1) is 16.5. The second-order valence-electron chi connectivity index (χ2n) is 5.81. The molecule has 5 heteroatoms. The van der Waals surface area contributed by atoms with Gasteiger partial charge in [0, 0.05) is 30.1 Å². The van der Waals surface area contributed by atoms with E-state index in [0.29, 0.717) is 18.6 Å². The minimum absolute atomic E-state index is 0.0995. The van der Waals surface area contributed by atoms with Crippen LogP contribution < -0.4 is 10.6 Å². The molecule has 1 aliphatic rings. The summed E-state index contributed by atoms with van der Waals surface area (Å²) < 4.78 is 0. The Labute approximate surface area is 131 Å². The zero-order valence-electron chi connectivity index (χ0n) is 13.3. The Bertz CT molecular complexity index is 435. The van der Waals surface area contributed by atoms with E-state index in [0.717, 1.165) is 25.9 Å². The van der Waals surface area contributed by atoms with Gasteiger partial charge in [0.25, 0.3) is 0 Å². The number of hydrogen-bond acceptors (Lipinski definition) is 4. The quantitative estimate of drug-likeness (QED) is 0.848. The Morgan fingerprint density at radius 3 is 2.95 bits per heavy atom. The second kappa shape index (κ2) is 7.92. The van der Waals surface area contributed by atoms with E-state index in [2.05, 4.69) is 35.4 Å². The molecule has 118 valence electrons. The third-order valence-corrected chi connectivity index (χ3v) is 5.33. The summed E-state index contributed by atoms with van der Waals surface area (Å²) in [4.78, 5) is 15.8. The Morgan fingerprint density at radius 2 is 2.33 bits per heavy atom. The van der Waals surface area contributed by atoms with Gasteiger partial charge < -0.3 is 10.6 Å². The third-order valence-electron chi connectivity index (χ3n) is 4.27. The molecule has 1 fully saturated rings. The van der Waals surface area contributed by atoms with Gasteiger partial charge in [-0.3, -0.25) is 9.69 Å². The van der Waals surface area contributed by atoms with Crippen LogP contribution in [0.5, 0.6) is 0 Å². The SMILES string of the molecule is CCC1CN(CC(=O)NC(C)c2cccs2)C(CC)CN1. The van der Waals surface area contributed by atoms with E-state index in [1.165, 1.54) is 4.88 Å². The molecule has 1 aliphatic heterocycles. The topological polar surface area (TPSA) is 44.4 Å². The lowest BCUT2D eigenvalue weighted by molar-refractivity contribution is -0.123. The van der Waals surface area contributed by atoms with Crippen molar-refractivity contribution in [3.05, 3.63) is 22.4 Å². The van der Waals surface area contributed by atoms with Gasteiger partial charge in [-0.1, -0.05) is 19.9 Å². The summed E-state index contributed by atoms with van der Waals surface area (Å²) in [5, 5.41) is 8.73. The normalized spacial score (nSPS) is 24.7. The van der Waals surface area contributed by atoms with Gasteiger partial charge in [0.05, 0.1) is 12.6 Å². The number of hydrogen-bond donors (Lipinski definition) is 2. The third kappa shape index (κ3) is 4.53. The molecule has 1 aromatic heterocycles. The van der Waals surface area contributed by atoms with Crippen molar-refractivity contribution in [2.45, 2.75) is 51.7 Å². The molecule has 2 rings (SSSR count). The van der Waals surface area contributed by atoms with Gasteiger partial charge in [-0.2, -0.15) is 0 Å². The first-order valence-electron chi connectivity index (χ1n) is 7.94. The van der Waals surface area contributed by atoms with Crippen LogP contribution in [0.2, 0.25) is 0 Å². The molecule has 0 radical (unpaired) electrons. The van der Waals surface area contributed by atoms with Gasteiger partial charge in [-0.15, -0.1) is 11.3 Å². The lowest BCUT2D eigenvalue weighted by Gasteiger charge is -2.39. The van der Waals surface area contributed by atoms with Gasteiger partial charge >= 0.3 is 0 Å². The molecular weight excluding hydrogens is 282 g/mol. The largest absolute Gasteiger partial charge is 0.348 e. The van der Waals surface area contributed by atoms with E-state index >= 15 is 0 Å². The smallest absolute Gasteiger partial charge is 0.234 e. The number of carbonyl (C=O) groups is 1. The molecular formula is C16H27N3OS. The maximum Gasteiger partial charge on any atom is 0.234 e. The molecule has 1 aromatic rings. The van der Waals surface area contributed by atoms with Crippen molar-refractivity contribution in [1.29, 1.82) is 0 Å². The molecule has 3 atom stereocenters. The summed E-state index contributed by atoms with van der Waals surface area (Å²) in [6, 6.07) is 5.17. The minimum Gasteiger partial charge on any atom is -0.348 e. The van der Waals surface area contributed by atoms with Crippen LogP contribution in [0.1, 0.15) is 44.5 Å². The average molecular weight is 309 g/mol. The van der Waals surface area contributed by atoms with Gasteiger partial charge in [-0.25, -0.2) is 0 Å². The summed E-state index contributed by atoms with van der Waals surface area (Å²) >= 11 is 1.69. The van der Waals surface area contributed by atoms with Crippen molar-refractivity contribution < 1.29 is 4.79 Å². The first-order chi connectivity index (χ1) is 10.1. The highest BCUT2D eigenvalue weighted by atomic mass is 32.1. The van der Waals surface area contributed by atoms with E-state index in [4.69, 9.17) is 0 Å². The Kier molecular flexibility index (Phi) is 6.21. The number of thiophene rings is 1. The minimum atomic E-state index is 0.0995. The lowest BCUT2D eigenvalue weighted by atomic mass is 10.1. The van der Waals surface area contributed by atoms with E-state index in [9.17, 15) is 4.79 Å². The van der Waals surface area contributed by atoms with Crippen LogP contribution in [0.15, 0.2) is 17.5 Å². The van der Waals surface area contributed by atoms with Gasteiger partial charge in [0.1, 0.15) is 0 Å². The molecule has 0 aromatic carbocycles. The summed E-state index contributed by atoms with van der Waals surface area (Å²) in [6.07, 6.45) is 2.19. The zero-order valence-corrected chi connectivity index (χ0v) is 14.1. The summed E-state index contributed by atoms with van der Waals surface area (Å²) in [5.41, 5.74) is 0. The van der Waals surface area contributed by atoms with Crippen LogP contribution in [0.25, 0.3) is 0 Å². The van der Waals surface area contributed by atoms with Gasteiger partial charge in [0.15, 0.2) is 0 Å². The van der Waals surface area contributed by atoms with Crippen molar-refractivity contribution >= 4 is 17.2 Å². The van der Waals surface area contributed by atoms with Crippen LogP contribution in [-0.4, -0.2) is 42.5 Å². The van der Waals surface area contributed by atoms with E-state index in [1.807, 2.05) is 18.4 Å². The molecule has 1 amide bonds. The average Bonchev–Trinajstić information content (AvgIpc) is 3.01. The highest BCUT2D eigenvalue weighted by Crippen LogP contribution is 2.18. The number of nitrogens with one attached hydrogen (secondary N) is 2. The standard InChI is InChI=1S/C16H27N3OS/c1-4-13-10-19(14(5-2)9-17-13)11-16(20)18-12(3)15-7-6-8-21-15/h6-8,12-14,17H,4-5,9-11H2,1-3H3,(H,18,20). The molecule has 3 unspecified atom stereocenters. The van der Waals surface area contributed by atoms with Crippen molar-refractivity contribution in [2.24, 2.45) is 0 Å². The van der Waals surface area contributed by atoms with Gasteiger partial charge in [-0.05, 0) is 31.2 Å². The Morgan fingerprint density at radius 1 is 1.52 bits per heavy atom. The lowest BCUT2D eigenvalue weighted by Crippen LogP contribution is -2.58. The summed E-state index contributed by atoms with van der Waals surface area (Å²) in [6.45, 7) is 8.90. The van der Waals surface area contributed by atoms with Crippen molar-refractivity contribution in [2.75, 3.05) is 19.6 Å². The molecule has 21 heavy (non-hydrogen) atoms. The molecule has 2 N–H and O–H groups in total. The number of carbonyl (C=O) groups excluding carboxylic acids is 1. The van der Waals surface area contributed by atoms with Crippen LogP contribution in [0.4, 0.5) is 0 Å². The monoisotopic (exact) mass is 309 g/mol.